The maximum Gasteiger partial charge on any atom is 0.408 e. The molecule has 0 aliphatic rings. The fourth-order valence-electron chi connectivity index (χ4n) is 0.552. The van der Waals surface area contributed by atoms with E-state index in [4.69, 9.17) is 5.26 Å². The summed E-state index contributed by atoms with van der Waals surface area (Å²) in [5.41, 5.74) is 0. The van der Waals surface area contributed by atoms with Gasteiger partial charge in [0.25, 0.3) is 0 Å². The molecule has 0 rings (SSSR count). The van der Waals surface area contributed by atoms with Crippen molar-refractivity contribution in [2.24, 2.45) is 0 Å². The van der Waals surface area contributed by atoms with Crippen LogP contribution in [0.1, 0.15) is 6.92 Å². The number of nitrogens with one attached hydrogen (secondary N) is 1. The van der Waals surface area contributed by atoms with Crippen molar-refractivity contribution in [3.05, 3.63) is 0 Å². The lowest BCUT2D eigenvalue weighted by Gasteiger charge is -2.08. The first-order valence-corrected chi connectivity index (χ1v) is 3.56. The zero-order chi connectivity index (χ0) is 10.3. The minimum atomic E-state index is -1.32. The molecule has 0 heterocycles. The third kappa shape index (κ3) is 3.96. The normalized spacial score (nSPS) is 10.8. The van der Waals surface area contributed by atoms with Crippen LogP contribution in [0.4, 0.5) is 4.79 Å². The largest absolute Gasteiger partial charge is 0.467 e. The Balaban J connectivity index is 4.07. The van der Waals surface area contributed by atoms with Crippen LogP contribution in [0.15, 0.2) is 0 Å². The van der Waals surface area contributed by atoms with Crippen LogP contribution in [-0.2, 0) is 14.3 Å². The predicted octanol–water partition coefficient (Wildman–Crippen LogP) is -0.202. The van der Waals surface area contributed by atoms with E-state index in [1.807, 2.05) is 5.32 Å². The number of carbonyl (C=O) groups is 2. The molecule has 1 atom stereocenters. The molecule has 72 valence electrons. The van der Waals surface area contributed by atoms with Gasteiger partial charge in [0.05, 0.1) is 19.8 Å². The van der Waals surface area contributed by atoms with Crippen LogP contribution in [0.2, 0.25) is 0 Å². The number of nitrogens with zero attached hydrogens (tertiary/aromatic N) is 1. The third-order valence-corrected chi connectivity index (χ3v) is 1.10. The van der Waals surface area contributed by atoms with Crippen molar-refractivity contribution in [1.82, 2.24) is 5.32 Å². The Morgan fingerprint density at radius 3 is 2.62 bits per heavy atom. The van der Waals surface area contributed by atoms with E-state index >= 15 is 0 Å². The maximum absolute atomic E-state index is 10.8. The van der Waals surface area contributed by atoms with Gasteiger partial charge in [-0.25, -0.2) is 9.59 Å². The smallest absolute Gasteiger partial charge is 0.408 e. The van der Waals surface area contributed by atoms with E-state index in [2.05, 4.69) is 9.47 Å². The van der Waals surface area contributed by atoms with Crippen LogP contribution < -0.4 is 5.32 Å². The molecule has 13 heavy (non-hydrogen) atoms. The Kier molecular flexibility index (Phi) is 5.03. The minimum absolute atomic E-state index is 0.172. The maximum atomic E-state index is 10.8. The molecule has 1 unspecified atom stereocenters. The number of ether oxygens (including phenoxy) is 2. The van der Waals surface area contributed by atoms with Gasteiger partial charge in [0.2, 0.25) is 6.04 Å². The number of alkyl carbamates (subject to hydrolysis) is 1. The molecule has 0 aromatic rings. The van der Waals surface area contributed by atoms with E-state index in [1.165, 1.54) is 0 Å². The van der Waals surface area contributed by atoms with Crippen LogP contribution >= 0.6 is 0 Å². The zero-order valence-corrected chi connectivity index (χ0v) is 7.36. The first-order valence-electron chi connectivity index (χ1n) is 3.56. The van der Waals surface area contributed by atoms with Crippen LogP contribution in [0.3, 0.4) is 0 Å². The van der Waals surface area contributed by atoms with Crippen molar-refractivity contribution >= 4 is 12.1 Å². The average molecular weight is 186 g/mol. The summed E-state index contributed by atoms with van der Waals surface area (Å²) in [6, 6.07) is 0.240. The van der Waals surface area contributed by atoms with Gasteiger partial charge in [0.1, 0.15) is 0 Å². The van der Waals surface area contributed by atoms with Gasteiger partial charge in [-0.15, -0.1) is 0 Å². The van der Waals surface area contributed by atoms with E-state index < -0.39 is 18.1 Å². The number of nitriles is 1. The molecule has 0 aliphatic heterocycles. The summed E-state index contributed by atoms with van der Waals surface area (Å²) in [4.78, 5) is 21.5. The quantitative estimate of drug-likeness (QED) is 0.616. The van der Waals surface area contributed by atoms with Crippen molar-refractivity contribution in [1.29, 1.82) is 5.26 Å². The summed E-state index contributed by atoms with van der Waals surface area (Å²) in [6.07, 6.45) is -0.820. The lowest BCUT2D eigenvalue weighted by atomic mass is 10.3. The van der Waals surface area contributed by atoms with Crippen LogP contribution in [0.5, 0.6) is 0 Å². The molecule has 1 amide bonds. The van der Waals surface area contributed by atoms with Gasteiger partial charge in [-0.05, 0) is 6.92 Å². The van der Waals surface area contributed by atoms with Gasteiger partial charge in [-0.1, -0.05) is 0 Å². The van der Waals surface area contributed by atoms with E-state index in [1.54, 1.807) is 13.0 Å². The second-order valence-electron chi connectivity index (χ2n) is 1.95. The van der Waals surface area contributed by atoms with Gasteiger partial charge in [0.15, 0.2) is 0 Å². The van der Waals surface area contributed by atoms with E-state index in [0.29, 0.717) is 0 Å². The summed E-state index contributed by atoms with van der Waals surface area (Å²) >= 11 is 0. The summed E-state index contributed by atoms with van der Waals surface area (Å²) in [6.45, 7) is 1.78. The molecule has 1 N–H and O–H groups in total. The Morgan fingerprint density at radius 2 is 2.23 bits per heavy atom. The number of hydrogen-bond acceptors (Lipinski definition) is 5. The number of methoxy groups -OCH3 is 1. The van der Waals surface area contributed by atoms with Gasteiger partial charge >= 0.3 is 12.1 Å². The molecule has 0 spiro atoms. The van der Waals surface area contributed by atoms with Crippen molar-refractivity contribution in [3.63, 3.8) is 0 Å². The molecule has 0 aromatic heterocycles. The molecule has 0 radical (unpaired) electrons. The molecule has 0 aromatic carbocycles. The molecule has 0 saturated carbocycles. The fourth-order valence-corrected chi connectivity index (χ4v) is 0.552. The summed E-state index contributed by atoms with van der Waals surface area (Å²) in [5.74, 6) is -0.824. The minimum Gasteiger partial charge on any atom is -0.467 e. The zero-order valence-electron chi connectivity index (χ0n) is 7.36. The lowest BCUT2D eigenvalue weighted by Crippen LogP contribution is -2.40. The highest BCUT2D eigenvalue weighted by Crippen LogP contribution is 1.87. The second kappa shape index (κ2) is 5.83. The molecule has 0 saturated heterocycles. The molecular formula is C7H10N2O4. The summed E-state index contributed by atoms with van der Waals surface area (Å²) in [7, 11) is 1.12. The van der Waals surface area contributed by atoms with E-state index in [0.717, 1.165) is 7.11 Å². The molecule has 6 nitrogen and oxygen atoms in total. The van der Waals surface area contributed by atoms with E-state index in [9.17, 15) is 9.59 Å². The van der Waals surface area contributed by atoms with Crippen molar-refractivity contribution in [2.75, 3.05) is 13.7 Å². The van der Waals surface area contributed by atoms with Gasteiger partial charge in [0, 0.05) is 0 Å². The summed E-state index contributed by atoms with van der Waals surface area (Å²) in [5, 5.41) is 10.4. The van der Waals surface area contributed by atoms with Gasteiger partial charge in [-0.3, -0.25) is 5.32 Å². The lowest BCUT2D eigenvalue weighted by molar-refractivity contribution is -0.141. The Hall–Kier alpha value is -1.77. The number of hydrogen-bond donors (Lipinski definition) is 1. The third-order valence-electron chi connectivity index (χ3n) is 1.10. The molecule has 0 fully saturated rings. The van der Waals surface area contributed by atoms with Crippen LogP contribution in [-0.4, -0.2) is 31.8 Å². The molecule has 6 heteroatoms. The Bertz CT molecular complexity index is 233. The molecular weight excluding hydrogens is 176 g/mol. The van der Waals surface area contributed by atoms with Crippen LogP contribution in [0, 0.1) is 11.3 Å². The number of rotatable bonds is 3. The fraction of sp³-hybridized carbons (Fsp3) is 0.571. The van der Waals surface area contributed by atoms with Crippen molar-refractivity contribution in [3.8, 4) is 6.07 Å². The van der Waals surface area contributed by atoms with Crippen molar-refractivity contribution < 1.29 is 19.1 Å². The molecule has 0 bridgehead atoms. The highest BCUT2D eigenvalue weighted by atomic mass is 16.6. The highest BCUT2D eigenvalue weighted by molar-refractivity contribution is 5.83. The van der Waals surface area contributed by atoms with Crippen LogP contribution in [0.25, 0.3) is 0 Å². The summed E-state index contributed by atoms with van der Waals surface area (Å²) < 4.78 is 8.71. The predicted molar refractivity (Wildman–Crippen MR) is 41.6 cm³/mol. The van der Waals surface area contributed by atoms with E-state index in [-0.39, 0.29) is 6.61 Å². The highest BCUT2D eigenvalue weighted by Gasteiger charge is 2.20. The number of amides is 1. The first kappa shape index (κ1) is 11.2. The second-order valence-corrected chi connectivity index (χ2v) is 1.95. The van der Waals surface area contributed by atoms with Gasteiger partial charge < -0.3 is 9.47 Å². The topological polar surface area (TPSA) is 88.4 Å². The molecule has 0 aliphatic carbocycles. The monoisotopic (exact) mass is 186 g/mol. The van der Waals surface area contributed by atoms with Crippen molar-refractivity contribution in [2.45, 2.75) is 13.0 Å². The number of carbonyl (C=O) groups excluding carboxylic acids is 2. The first-order chi connectivity index (χ1) is 6.15. The number of esters is 1. The Labute approximate surface area is 75.4 Å². The Morgan fingerprint density at radius 1 is 1.62 bits per heavy atom. The average Bonchev–Trinajstić information content (AvgIpc) is 2.13. The van der Waals surface area contributed by atoms with Gasteiger partial charge in [-0.2, -0.15) is 5.26 Å². The standard InChI is InChI=1S/C7H10N2O4/c1-3-13-7(11)9-5(4-8)6(10)12-2/h5H,3H2,1-2H3,(H,9,11). The SMILES string of the molecule is CCOC(=O)NC(C#N)C(=O)OC.